The molecule has 0 aliphatic rings. The van der Waals surface area contributed by atoms with E-state index in [1.165, 1.54) is 31.4 Å². The maximum absolute atomic E-state index is 12.9. The Hall–Kier alpha value is -1.95. The van der Waals surface area contributed by atoms with Crippen LogP contribution in [-0.2, 0) is 19.7 Å². The zero-order chi connectivity index (χ0) is 15.3. The lowest BCUT2D eigenvalue weighted by Crippen LogP contribution is -2.50. The van der Waals surface area contributed by atoms with Crippen LogP contribution in [0.15, 0.2) is 24.3 Å². The topological polar surface area (TPSA) is 75.6 Å². The Labute approximate surface area is 116 Å². The van der Waals surface area contributed by atoms with Crippen molar-refractivity contribution in [2.24, 2.45) is 0 Å². The van der Waals surface area contributed by atoms with Crippen molar-refractivity contribution in [1.29, 1.82) is 0 Å². The molecule has 1 unspecified atom stereocenters. The molecule has 0 bridgehead atoms. The van der Waals surface area contributed by atoms with Crippen LogP contribution in [0, 0.1) is 5.82 Å². The summed E-state index contributed by atoms with van der Waals surface area (Å²) in [5.41, 5.74) is -0.382. The third-order valence-corrected chi connectivity index (χ3v) is 3.07. The van der Waals surface area contributed by atoms with Gasteiger partial charge in [-0.1, -0.05) is 12.1 Å². The highest BCUT2D eigenvalue weighted by atomic mass is 19.1. The number of nitrogens with one attached hydrogen (secondary N) is 1. The summed E-state index contributed by atoms with van der Waals surface area (Å²) in [6.07, 6.45) is 0. The molecule has 110 valence electrons. The van der Waals surface area contributed by atoms with E-state index in [1.807, 2.05) is 0 Å². The van der Waals surface area contributed by atoms with E-state index >= 15 is 0 Å². The number of hydrogen-bond donors (Lipinski definition) is 2. The number of carbonyl (C=O) groups excluding carboxylic acids is 1. The fourth-order valence-electron chi connectivity index (χ4n) is 1.68. The van der Waals surface area contributed by atoms with Crippen molar-refractivity contribution in [1.82, 2.24) is 5.32 Å². The van der Waals surface area contributed by atoms with Crippen LogP contribution < -0.4 is 5.32 Å². The number of hydrogen-bond acceptors (Lipinski definition) is 3. The van der Waals surface area contributed by atoms with Gasteiger partial charge in [-0.2, -0.15) is 0 Å². The number of halogens is 1. The molecule has 0 saturated heterocycles. The Kier molecular flexibility index (Phi) is 5.21. The molecule has 20 heavy (non-hydrogen) atoms. The number of methoxy groups -OCH3 is 1. The summed E-state index contributed by atoms with van der Waals surface area (Å²) in [4.78, 5) is 23.2. The Morgan fingerprint density at radius 3 is 2.35 bits per heavy atom. The average Bonchev–Trinajstić information content (AvgIpc) is 2.38. The molecule has 5 nitrogen and oxygen atoms in total. The van der Waals surface area contributed by atoms with Crippen LogP contribution in [0.4, 0.5) is 4.39 Å². The van der Waals surface area contributed by atoms with E-state index in [4.69, 9.17) is 9.84 Å². The minimum atomic E-state index is -1.17. The Bertz CT molecular complexity index is 484. The summed E-state index contributed by atoms with van der Waals surface area (Å²) >= 11 is 0. The average molecular weight is 283 g/mol. The molecule has 1 rings (SSSR count). The van der Waals surface area contributed by atoms with Gasteiger partial charge in [-0.3, -0.25) is 4.79 Å². The molecule has 1 aromatic carbocycles. The second-order valence-corrected chi connectivity index (χ2v) is 4.95. The van der Waals surface area contributed by atoms with Crippen LogP contribution in [0.5, 0.6) is 0 Å². The van der Waals surface area contributed by atoms with Crippen molar-refractivity contribution in [3.63, 3.8) is 0 Å². The zero-order valence-corrected chi connectivity index (χ0v) is 11.6. The van der Waals surface area contributed by atoms with Crippen LogP contribution in [-0.4, -0.2) is 36.7 Å². The molecular weight excluding hydrogens is 265 g/mol. The van der Waals surface area contributed by atoms with Gasteiger partial charge in [0.2, 0.25) is 5.91 Å². The van der Waals surface area contributed by atoms with Gasteiger partial charge in [0.25, 0.3) is 0 Å². The van der Waals surface area contributed by atoms with Crippen LogP contribution in [0.2, 0.25) is 0 Å². The van der Waals surface area contributed by atoms with Gasteiger partial charge in [0.15, 0.2) is 6.04 Å². The molecule has 6 heteroatoms. The summed E-state index contributed by atoms with van der Waals surface area (Å²) in [6.45, 7) is 3.16. The number of amides is 1. The SMILES string of the molecule is COCC(NC(=O)C(C)(C)c1ccc(F)cc1)C(=O)O. The first-order chi connectivity index (χ1) is 9.28. The van der Waals surface area contributed by atoms with Crippen LogP contribution in [0.25, 0.3) is 0 Å². The second kappa shape index (κ2) is 6.47. The summed E-state index contributed by atoms with van der Waals surface area (Å²) in [5, 5.41) is 11.4. The van der Waals surface area contributed by atoms with Crippen molar-refractivity contribution in [2.75, 3.05) is 13.7 Å². The summed E-state index contributed by atoms with van der Waals surface area (Å²) < 4.78 is 17.7. The second-order valence-electron chi connectivity index (χ2n) is 4.95. The van der Waals surface area contributed by atoms with Crippen molar-refractivity contribution in [2.45, 2.75) is 25.3 Å². The fourth-order valence-corrected chi connectivity index (χ4v) is 1.68. The Balaban J connectivity index is 2.88. The van der Waals surface area contributed by atoms with Gasteiger partial charge >= 0.3 is 5.97 Å². The van der Waals surface area contributed by atoms with E-state index in [2.05, 4.69) is 5.32 Å². The third-order valence-electron chi connectivity index (χ3n) is 3.07. The van der Waals surface area contributed by atoms with Gasteiger partial charge in [-0.15, -0.1) is 0 Å². The molecule has 0 saturated carbocycles. The normalized spacial score (nSPS) is 12.8. The quantitative estimate of drug-likeness (QED) is 0.825. The molecule has 1 aromatic rings. The number of ether oxygens (including phenoxy) is 1. The largest absolute Gasteiger partial charge is 0.480 e. The standard InChI is InChI=1S/C14H18FNO4/c1-14(2,9-4-6-10(15)7-5-9)13(19)16-11(8-20-3)12(17)18/h4-7,11H,8H2,1-3H3,(H,16,19)(H,17,18). The minimum absolute atomic E-state index is 0.124. The highest BCUT2D eigenvalue weighted by molar-refractivity contribution is 5.90. The molecule has 0 aliphatic heterocycles. The highest BCUT2D eigenvalue weighted by Crippen LogP contribution is 2.23. The third kappa shape index (κ3) is 3.77. The maximum atomic E-state index is 12.9. The van der Waals surface area contributed by atoms with E-state index in [0.717, 1.165) is 0 Å². The van der Waals surface area contributed by atoms with E-state index in [-0.39, 0.29) is 6.61 Å². The van der Waals surface area contributed by atoms with E-state index in [1.54, 1.807) is 13.8 Å². The number of carboxylic acid groups (broad SMARTS) is 1. The molecule has 0 heterocycles. The van der Waals surface area contributed by atoms with E-state index < -0.39 is 29.2 Å². The van der Waals surface area contributed by atoms with Crippen LogP contribution in [0.3, 0.4) is 0 Å². The fraction of sp³-hybridized carbons (Fsp3) is 0.429. The van der Waals surface area contributed by atoms with Crippen LogP contribution >= 0.6 is 0 Å². The number of rotatable bonds is 6. The lowest BCUT2D eigenvalue weighted by Gasteiger charge is -2.26. The van der Waals surface area contributed by atoms with Gasteiger partial charge in [0.05, 0.1) is 12.0 Å². The monoisotopic (exact) mass is 283 g/mol. The lowest BCUT2D eigenvalue weighted by molar-refractivity contribution is -0.144. The molecular formula is C14H18FNO4. The molecule has 1 atom stereocenters. The summed E-state index contributed by atoms with van der Waals surface area (Å²) in [7, 11) is 1.35. The number of carboxylic acids is 1. The van der Waals surface area contributed by atoms with Gasteiger partial charge in [-0.05, 0) is 31.5 Å². The number of aliphatic carboxylic acids is 1. The van der Waals surface area contributed by atoms with Crippen molar-refractivity contribution < 1.29 is 23.8 Å². The molecule has 2 N–H and O–H groups in total. The number of benzene rings is 1. The maximum Gasteiger partial charge on any atom is 0.328 e. The van der Waals surface area contributed by atoms with E-state index in [0.29, 0.717) is 5.56 Å². The van der Waals surface area contributed by atoms with Crippen molar-refractivity contribution >= 4 is 11.9 Å². The molecule has 0 fully saturated rings. The Morgan fingerprint density at radius 1 is 1.35 bits per heavy atom. The predicted molar refractivity (Wildman–Crippen MR) is 70.9 cm³/mol. The van der Waals surface area contributed by atoms with Gasteiger partial charge < -0.3 is 15.2 Å². The first-order valence-electron chi connectivity index (χ1n) is 6.07. The summed E-state index contributed by atoms with van der Waals surface area (Å²) in [6, 6.07) is 4.40. The lowest BCUT2D eigenvalue weighted by atomic mass is 9.83. The van der Waals surface area contributed by atoms with E-state index in [9.17, 15) is 14.0 Å². The predicted octanol–water partition coefficient (Wildman–Crippen LogP) is 1.32. The molecule has 0 radical (unpaired) electrons. The first-order valence-corrected chi connectivity index (χ1v) is 6.07. The molecule has 1 amide bonds. The molecule has 0 aliphatic carbocycles. The zero-order valence-electron chi connectivity index (χ0n) is 11.6. The minimum Gasteiger partial charge on any atom is -0.480 e. The van der Waals surface area contributed by atoms with Gasteiger partial charge in [-0.25, -0.2) is 9.18 Å². The van der Waals surface area contributed by atoms with Crippen LogP contribution in [0.1, 0.15) is 19.4 Å². The smallest absolute Gasteiger partial charge is 0.328 e. The van der Waals surface area contributed by atoms with Crippen molar-refractivity contribution in [3.8, 4) is 0 Å². The number of carbonyl (C=O) groups is 2. The molecule has 0 spiro atoms. The van der Waals surface area contributed by atoms with Gasteiger partial charge in [0.1, 0.15) is 5.82 Å². The molecule has 0 aromatic heterocycles. The first kappa shape index (κ1) is 16.1. The highest BCUT2D eigenvalue weighted by Gasteiger charge is 2.32. The Morgan fingerprint density at radius 2 is 1.90 bits per heavy atom. The summed E-state index contributed by atoms with van der Waals surface area (Å²) in [5.74, 6) is -2.03. The van der Waals surface area contributed by atoms with Gasteiger partial charge in [0, 0.05) is 7.11 Å². The van der Waals surface area contributed by atoms with Crippen molar-refractivity contribution in [3.05, 3.63) is 35.6 Å².